The van der Waals surface area contributed by atoms with E-state index in [0.717, 1.165) is 58.4 Å². The molecule has 1 aromatic heterocycles. The van der Waals surface area contributed by atoms with Gasteiger partial charge in [0, 0.05) is 58.2 Å². The second-order valence-electron chi connectivity index (χ2n) is 8.37. The molecule has 0 spiro atoms. The lowest BCUT2D eigenvalue weighted by atomic mass is 10.1. The molecule has 2 aliphatic rings. The van der Waals surface area contributed by atoms with Crippen molar-refractivity contribution in [3.63, 3.8) is 0 Å². The number of guanidine groups is 1. The van der Waals surface area contributed by atoms with Gasteiger partial charge in [0.15, 0.2) is 5.96 Å². The first-order chi connectivity index (χ1) is 14.7. The number of fused-ring (bicyclic) bond motifs is 1. The molecule has 0 amide bonds. The number of hydrogen-bond donors (Lipinski definition) is 1. The molecule has 3 unspecified atom stereocenters. The van der Waals surface area contributed by atoms with E-state index in [1.54, 1.807) is 0 Å². The van der Waals surface area contributed by atoms with E-state index in [9.17, 15) is 0 Å². The molecular formula is C23H34N6O. The van der Waals surface area contributed by atoms with E-state index in [-0.39, 0.29) is 6.10 Å². The normalized spacial score (nSPS) is 23.4. The van der Waals surface area contributed by atoms with Crippen LogP contribution in [0.1, 0.15) is 19.4 Å². The zero-order valence-corrected chi connectivity index (χ0v) is 18.2. The Kier molecular flexibility index (Phi) is 7.02. The number of ether oxygens (including phenoxy) is 1. The van der Waals surface area contributed by atoms with Gasteiger partial charge in [0.2, 0.25) is 0 Å². The van der Waals surface area contributed by atoms with Crippen molar-refractivity contribution in [1.82, 2.24) is 24.9 Å². The summed E-state index contributed by atoms with van der Waals surface area (Å²) >= 11 is 0. The lowest BCUT2D eigenvalue weighted by Crippen LogP contribution is -2.50. The molecule has 0 radical (unpaired) electrons. The van der Waals surface area contributed by atoms with Crippen LogP contribution in [0.4, 0.5) is 0 Å². The van der Waals surface area contributed by atoms with Gasteiger partial charge in [-0.1, -0.05) is 37.3 Å². The molecule has 4 rings (SSSR count). The maximum absolute atomic E-state index is 6.15. The largest absolute Gasteiger partial charge is 0.373 e. The van der Waals surface area contributed by atoms with E-state index >= 15 is 0 Å². The van der Waals surface area contributed by atoms with Crippen LogP contribution in [0.3, 0.4) is 0 Å². The SMILES string of the molecule is CCNC(=NCC(C)Cn1cccn1)N1CC2OCCN(Cc3ccccc3)C2C1. The second kappa shape index (κ2) is 10.1. The maximum atomic E-state index is 6.15. The number of aliphatic imine (C=N–C) groups is 1. The summed E-state index contributed by atoms with van der Waals surface area (Å²) in [7, 11) is 0. The Bertz CT molecular complexity index is 793. The van der Waals surface area contributed by atoms with Crippen LogP contribution in [-0.4, -0.2) is 77.0 Å². The van der Waals surface area contributed by atoms with Crippen molar-refractivity contribution < 1.29 is 4.74 Å². The minimum atomic E-state index is 0.243. The minimum Gasteiger partial charge on any atom is -0.373 e. The molecule has 2 aliphatic heterocycles. The maximum Gasteiger partial charge on any atom is 0.194 e. The van der Waals surface area contributed by atoms with Crippen LogP contribution in [0.2, 0.25) is 0 Å². The molecule has 2 saturated heterocycles. The number of benzene rings is 1. The van der Waals surface area contributed by atoms with Crippen molar-refractivity contribution in [2.45, 2.75) is 39.1 Å². The molecule has 0 bridgehead atoms. The predicted octanol–water partition coefficient (Wildman–Crippen LogP) is 2.07. The summed E-state index contributed by atoms with van der Waals surface area (Å²) in [6, 6.07) is 13.1. The Morgan fingerprint density at radius 3 is 2.90 bits per heavy atom. The van der Waals surface area contributed by atoms with Gasteiger partial charge in [-0.3, -0.25) is 14.6 Å². The second-order valence-corrected chi connectivity index (χ2v) is 8.37. The van der Waals surface area contributed by atoms with Gasteiger partial charge in [-0.2, -0.15) is 5.10 Å². The van der Waals surface area contributed by atoms with Gasteiger partial charge in [0.05, 0.1) is 18.8 Å². The Morgan fingerprint density at radius 1 is 1.27 bits per heavy atom. The van der Waals surface area contributed by atoms with Gasteiger partial charge in [-0.15, -0.1) is 0 Å². The van der Waals surface area contributed by atoms with Crippen molar-refractivity contribution in [3.8, 4) is 0 Å². The van der Waals surface area contributed by atoms with Crippen LogP contribution in [0, 0.1) is 5.92 Å². The molecule has 1 aromatic carbocycles. The molecule has 1 N–H and O–H groups in total. The van der Waals surface area contributed by atoms with E-state index in [2.05, 4.69) is 64.4 Å². The monoisotopic (exact) mass is 410 g/mol. The fraction of sp³-hybridized carbons (Fsp3) is 0.565. The summed E-state index contributed by atoms with van der Waals surface area (Å²) < 4.78 is 8.13. The highest BCUT2D eigenvalue weighted by Gasteiger charge is 2.41. The highest BCUT2D eigenvalue weighted by Crippen LogP contribution is 2.24. The van der Waals surface area contributed by atoms with E-state index in [1.807, 2.05) is 23.1 Å². The Morgan fingerprint density at radius 2 is 2.13 bits per heavy atom. The number of rotatable bonds is 7. The van der Waals surface area contributed by atoms with E-state index in [4.69, 9.17) is 9.73 Å². The topological polar surface area (TPSA) is 57.9 Å². The first kappa shape index (κ1) is 20.9. The molecule has 0 aliphatic carbocycles. The number of nitrogens with one attached hydrogen (secondary N) is 1. The summed E-state index contributed by atoms with van der Waals surface area (Å²) in [6.07, 6.45) is 4.08. The zero-order chi connectivity index (χ0) is 20.8. The standard InChI is InChI=1S/C23H34N6O/c1-3-24-23(25-14-19(2)15-29-11-7-10-26-29)28-17-21-22(18-28)30-13-12-27(21)16-20-8-5-4-6-9-20/h4-11,19,21-22H,3,12-18H2,1-2H3,(H,24,25). The van der Waals surface area contributed by atoms with Gasteiger partial charge in [-0.25, -0.2) is 0 Å². The van der Waals surface area contributed by atoms with Gasteiger partial charge in [0.25, 0.3) is 0 Å². The summed E-state index contributed by atoms with van der Waals surface area (Å²) in [5.41, 5.74) is 1.37. The van der Waals surface area contributed by atoms with Crippen LogP contribution in [0.15, 0.2) is 53.8 Å². The number of aromatic nitrogens is 2. The van der Waals surface area contributed by atoms with Crippen molar-refractivity contribution in [1.29, 1.82) is 0 Å². The van der Waals surface area contributed by atoms with Crippen molar-refractivity contribution >= 4 is 5.96 Å². The minimum absolute atomic E-state index is 0.243. The smallest absolute Gasteiger partial charge is 0.194 e. The van der Waals surface area contributed by atoms with Crippen molar-refractivity contribution in [2.75, 3.05) is 39.3 Å². The van der Waals surface area contributed by atoms with Crippen LogP contribution >= 0.6 is 0 Å². The average molecular weight is 411 g/mol. The molecule has 2 fully saturated rings. The molecular weight excluding hydrogens is 376 g/mol. The van der Waals surface area contributed by atoms with Crippen LogP contribution in [-0.2, 0) is 17.8 Å². The predicted molar refractivity (Wildman–Crippen MR) is 119 cm³/mol. The molecule has 0 saturated carbocycles. The molecule has 162 valence electrons. The van der Waals surface area contributed by atoms with Crippen LogP contribution in [0.25, 0.3) is 0 Å². The lowest BCUT2D eigenvalue weighted by Gasteiger charge is -2.36. The molecule has 2 aromatic rings. The zero-order valence-electron chi connectivity index (χ0n) is 18.2. The van der Waals surface area contributed by atoms with E-state index in [0.29, 0.717) is 12.0 Å². The summed E-state index contributed by atoms with van der Waals surface area (Å²) in [5, 5.41) is 7.80. The molecule has 3 heterocycles. The fourth-order valence-electron chi connectivity index (χ4n) is 4.40. The van der Waals surface area contributed by atoms with Gasteiger partial charge >= 0.3 is 0 Å². The van der Waals surface area contributed by atoms with E-state index in [1.165, 1.54) is 5.56 Å². The van der Waals surface area contributed by atoms with Gasteiger partial charge < -0.3 is 15.0 Å². The third kappa shape index (κ3) is 5.21. The van der Waals surface area contributed by atoms with E-state index < -0.39 is 0 Å². The third-order valence-corrected chi connectivity index (χ3v) is 5.89. The Labute approximate surface area is 179 Å². The van der Waals surface area contributed by atoms with Crippen LogP contribution < -0.4 is 5.32 Å². The fourth-order valence-corrected chi connectivity index (χ4v) is 4.40. The number of morpholine rings is 1. The van der Waals surface area contributed by atoms with Crippen molar-refractivity contribution in [3.05, 3.63) is 54.4 Å². The summed E-state index contributed by atoms with van der Waals surface area (Å²) in [5.74, 6) is 1.43. The number of hydrogen-bond acceptors (Lipinski definition) is 4. The summed E-state index contributed by atoms with van der Waals surface area (Å²) in [4.78, 5) is 9.91. The first-order valence-corrected chi connectivity index (χ1v) is 11.1. The lowest BCUT2D eigenvalue weighted by molar-refractivity contribution is -0.0502. The quantitative estimate of drug-likeness (QED) is 0.559. The molecule has 30 heavy (non-hydrogen) atoms. The summed E-state index contributed by atoms with van der Waals surface area (Å²) in [6.45, 7) is 11.5. The number of likely N-dealkylation sites (tertiary alicyclic amines) is 1. The Balaban J connectivity index is 1.39. The van der Waals surface area contributed by atoms with Crippen molar-refractivity contribution in [2.24, 2.45) is 10.9 Å². The van der Waals surface area contributed by atoms with Gasteiger partial charge in [0.1, 0.15) is 0 Å². The highest BCUT2D eigenvalue weighted by molar-refractivity contribution is 5.80. The average Bonchev–Trinajstić information content (AvgIpc) is 3.42. The molecule has 7 nitrogen and oxygen atoms in total. The highest BCUT2D eigenvalue weighted by atomic mass is 16.5. The third-order valence-electron chi connectivity index (χ3n) is 5.89. The van der Waals surface area contributed by atoms with Gasteiger partial charge in [-0.05, 0) is 24.5 Å². The van der Waals surface area contributed by atoms with Crippen LogP contribution in [0.5, 0.6) is 0 Å². The molecule has 7 heteroatoms. The first-order valence-electron chi connectivity index (χ1n) is 11.1. The Hall–Kier alpha value is -2.38. The number of nitrogens with zero attached hydrogens (tertiary/aromatic N) is 5. The molecule has 3 atom stereocenters.